The first-order valence-electron chi connectivity index (χ1n) is 7.08. The van der Waals surface area contributed by atoms with Crippen LogP contribution in [0.3, 0.4) is 0 Å². The van der Waals surface area contributed by atoms with Gasteiger partial charge in [-0.3, -0.25) is 4.90 Å². The lowest BCUT2D eigenvalue weighted by Gasteiger charge is -2.36. The Bertz CT molecular complexity index is 594. The number of nitrogens with zero attached hydrogens (tertiary/aromatic N) is 1. The van der Waals surface area contributed by atoms with Gasteiger partial charge in [0.15, 0.2) is 6.04 Å². The van der Waals surface area contributed by atoms with Crippen molar-refractivity contribution in [3.63, 3.8) is 0 Å². The van der Waals surface area contributed by atoms with E-state index >= 15 is 0 Å². The summed E-state index contributed by atoms with van der Waals surface area (Å²) in [6, 6.07) is 4.96. The molecular weight excluding hydrogens is 350 g/mol. The molecule has 1 aromatic rings. The largest absolute Gasteiger partial charge is 0.467 e. The molecular formula is C16H20BrNO4. The highest BCUT2D eigenvalue weighted by Crippen LogP contribution is 2.33. The van der Waals surface area contributed by atoms with Crippen molar-refractivity contribution in [1.82, 2.24) is 4.90 Å². The summed E-state index contributed by atoms with van der Waals surface area (Å²) in [6.45, 7) is 5.81. The summed E-state index contributed by atoms with van der Waals surface area (Å²) in [7, 11) is 1.32. The molecule has 120 valence electrons. The van der Waals surface area contributed by atoms with Crippen LogP contribution < -0.4 is 0 Å². The molecule has 0 aliphatic carbocycles. The van der Waals surface area contributed by atoms with Crippen LogP contribution in [0.5, 0.6) is 0 Å². The van der Waals surface area contributed by atoms with Crippen LogP contribution in [0.1, 0.15) is 37.9 Å². The molecule has 1 aliphatic rings. The summed E-state index contributed by atoms with van der Waals surface area (Å²) in [6.07, 6.45) is 0.170. The number of benzene rings is 1. The minimum absolute atomic E-state index is 0.420. The van der Waals surface area contributed by atoms with E-state index in [2.05, 4.69) is 15.9 Å². The molecule has 1 amide bonds. The molecule has 1 heterocycles. The lowest BCUT2D eigenvalue weighted by atomic mass is 9.93. The molecule has 22 heavy (non-hydrogen) atoms. The SMILES string of the molecule is COC(=O)C1c2cc(Br)ccc2CCN1C(=O)OC(C)(C)C. The first kappa shape index (κ1) is 16.8. The van der Waals surface area contributed by atoms with Crippen molar-refractivity contribution in [3.8, 4) is 0 Å². The summed E-state index contributed by atoms with van der Waals surface area (Å²) in [5, 5.41) is 0. The molecule has 0 N–H and O–H groups in total. The molecule has 1 unspecified atom stereocenters. The smallest absolute Gasteiger partial charge is 0.411 e. The van der Waals surface area contributed by atoms with Crippen LogP contribution in [0.4, 0.5) is 4.79 Å². The van der Waals surface area contributed by atoms with Gasteiger partial charge in [-0.25, -0.2) is 9.59 Å². The summed E-state index contributed by atoms with van der Waals surface area (Å²) in [5.74, 6) is -0.468. The number of amides is 1. The van der Waals surface area contributed by atoms with E-state index in [0.29, 0.717) is 13.0 Å². The molecule has 0 fully saturated rings. The third kappa shape index (κ3) is 3.61. The van der Waals surface area contributed by atoms with Crippen molar-refractivity contribution < 1.29 is 19.1 Å². The molecule has 1 aliphatic heterocycles. The average molecular weight is 370 g/mol. The maximum absolute atomic E-state index is 12.4. The molecule has 0 saturated heterocycles. The monoisotopic (exact) mass is 369 g/mol. The van der Waals surface area contributed by atoms with Gasteiger partial charge in [0.25, 0.3) is 0 Å². The molecule has 0 spiro atoms. The Labute approximate surface area is 138 Å². The molecule has 2 rings (SSSR count). The molecule has 0 bridgehead atoms. The number of rotatable bonds is 1. The van der Waals surface area contributed by atoms with Crippen LogP contribution in [0, 0.1) is 0 Å². The number of methoxy groups -OCH3 is 1. The third-order valence-electron chi connectivity index (χ3n) is 3.39. The highest BCUT2D eigenvalue weighted by Gasteiger charge is 2.38. The zero-order chi connectivity index (χ0) is 16.5. The van der Waals surface area contributed by atoms with Gasteiger partial charge in [-0.2, -0.15) is 0 Å². The van der Waals surface area contributed by atoms with Gasteiger partial charge in [0.1, 0.15) is 5.60 Å². The van der Waals surface area contributed by atoms with Crippen LogP contribution in [0.15, 0.2) is 22.7 Å². The van der Waals surface area contributed by atoms with Crippen LogP contribution >= 0.6 is 15.9 Å². The Hall–Kier alpha value is -1.56. The second-order valence-corrected chi connectivity index (χ2v) is 7.11. The van der Waals surface area contributed by atoms with Gasteiger partial charge < -0.3 is 9.47 Å². The quantitative estimate of drug-likeness (QED) is 0.711. The van der Waals surface area contributed by atoms with Crippen molar-refractivity contribution in [2.45, 2.75) is 38.8 Å². The number of esters is 1. The van der Waals surface area contributed by atoms with E-state index < -0.39 is 23.7 Å². The molecule has 1 atom stereocenters. The van der Waals surface area contributed by atoms with E-state index in [1.54, 1.807) is 20.8 Å². The first-order chi connectivity index (χ1) is 10.2. The van der Waals surface area contributed by atoms with Gasteiger partial charge in [0, 0.05) is 11.0 Å². The van der Waals surface area contributed by atoms with Crippen molar-refractivity contribution in [3.05, 3.63) is 33.8 Å². The predicted octanol–water partition coefficient (Wildman–Crippen LogP) is 3.46. The van der Waals surface area contributed by atoms with Gasteiger partial charge in [-0.15, -0.1) is 0 Å². The minimum Gasteiger partial charge on any atom is -0.467 e. The van der Waals surface area contributed by atoms with E-state index in [1.807, 2.05) is 18.2 Å². The zero-order valence-corrected chi connectivity index (χ0v) is 14.8. The van der Waals surface area contributed by atoms with Gasteiger partial charge in [0.2, 0.25) is 0 Å². The van der Waals surface area contributed by atoms with E-state index in [-0.39, 0.29) is 0 Å². The zero-order valence-electron chi connectivity index (χ0n) is 13.2. The van der Waals surface area contributed by atoms with Gasteiger partial charge >= 0.3 is 12.1 Å². The highest BCUT2D eigenvalue weighted by atomic mass is 79.9. The summed E-state index contributed by atoms with van der Waals surface area (Å²) in [4.78, 5) is 26.1. The summed E-state index contributed by atoms with van der Waals surface area (Å²) >= 11 is 3.41. The van der Waals surface area contributed by atoms with Crippen LogP contribution in [-0.2, 0) is 20.7 Å². The van der Waals surface area contributed by atoms with E-state index in [9.17, 15) is 9.59 Å². The number of halogens is 1. The van der Waals surface area contributed by atoms with Gasteiger partial charge in [-0.1, -0.05) is 22.0 Å². The summed E-state index contributed by atoms with van der Waals surface area (Å²) < 4.78 is 11.2. The minimum atomic E-state index is -0.777. The molecule has 0 saturated carbocycles. The Kier molecular flexibility index (Phi) is 4.80. The average Bonchev–Trinajstić information content (AvgIpc) is 2.43. The van der Waals surface area contributed by atoms with E-state index in [4.69, 9.17) is 9.47 Å². The van der Waals surface area contributed by atoms with Crippen LogP contribution in [-0.4, -0.2) is 36.2 Å². The molecule has 0 aromatic heterocycles. The van der Waals surface area contributed by atoms with E-state index in [0.717, 1.165) is 15.6 Å². The maximum atomic E-state index is 12.4. The number of hydrogen-bond acceptors (Lipinski definition) is 4. The fraction of sp³-hybridized carbons (Fsp3) is 0.500. The van der Waals surface area contributed by atoms with Crippen molar-refractivity contribution >= 4 is 28.0 Å². The Balaban J connectivity index is 2.39. The van der Waals surface area contributed by atoms with Crippen molar-refractivity contribution in [2.24, 2.45) is 0 Å². The topological polar surface area (TPSA) is 55.8 Å². The Morgan fingerprint density at radius 1 is 1.32 bits per heavy atom. The fourth-order valence-corrected chi connectivity index (χ4v) is 2.85. The van der Waals surface area contributed by atoms with Crippen LogP contribution in [0.25, 0.3) is 0 Å². The lowest BCUT2D eigenvalue weighted by molar-refractivity contribution is -0.147. The highest BCUT2D eigenvalue weighted by molar-refractivity contribution is 9.10. The van der Waals surface area contributed by atoms with Crippen molar-refractivity contribution in [1.29, 1.82) is 0 Å². The molecule has 0 radical (unpaired) electrons. The first-order valence-corrected chi connectivity index (χ1v) is 7.88. The van der Waals surface area contributed by atoms with Crippen LogP contribution in [0.2, 0.25) is 0 Å². The number of ether oxygens (including phenoxy) is 2. The molecule has 1 aromatic carbocycles. The number of carbonyl (C=O) groups is 2. The number of hydrogen-bond donors (Lipinski definition) is 0. The Morgan fingerprint density at radius 2 is 2.00 bits per heavy atom. The second kappa shape index (κ2) is 6.28. The van der Waals surface area contributed by atoms with Gasteiger partial charge in [-0.05, 0) is 50.5 Å². The molecule has 5 nitrogen and oxygen atoms in total. The maximum Gasteiger partial charge on any atom is 0.411 e. The third-order valence-corrected chi connectivity index (χ3v) is 3.88. The molecule has 6 heteroatoms. The fourth-order valence-electron chi connectivity index (χ4n) is 2.47. The Morgan fingerprint density at radius 3 is 2.59 bits per heavy atom. The normalized spacial score (nSPS) is 17.7. The second-order valence-electron chi connectivity index (χ2n) is 6.19. The van der Waals surface area contributed by atoms with Gasteiger partial charge in [0.05, 0.1) is 7.11 Å². The summed E-state index contributed by atoms with van der Waals surface area (Å²) in [5.41, 5.74) is 1.20. The standard InChI is InChI=1S/C16H20BrNO4/c1-16(2,3)22-15(20)18-8-7-10-5-6-11(17)9-12(10)13(18)14(19)21-4/h5-6,9,13H,7-8H2,1-4H3. The number of carbonyl (C=O) groups excluding carboxylic acids is 2. The lowest BCUT2D eigenvalue weighted by Crippen LogP contribution is -2.46. The van der Waals surface area contributed by atoms with E-state index in [1.165, 1.54) is 12.0 Å². The number of fused-ring (bicyclic) bond motifs is 1. The predicted molar refractivity (Wildman–Crippen MR) is 85.5 cm³/mol. The van der Waals surface area contributed by atoms with Crippen molar-refractivity contribution in [2.75, 3.05) is 13.7 Å².